The molecule has 0 aliphatic heterocycles. The van der Waals surface area contributed by atoms with Gasteiger partial charge in [0.15, 0.2) is 0 Å². The minimum absolute atomic E-state index is 0.305. The fourth-order valence-corrected chi connectivity index (χ4v) is 1.74. The molecule has 0 heterocycles. The molecule has 0 atom stereocenters. The molecule has 0 aliphatic carbocycles. The quantitative estimate of drug-likeness (QED) is 0.823. The van der Waals surface area contributed by atoms with Crippen molar-refractivity contribution in [2.24, 2.45) is 0 Å². The number of anilines is 2. The lowest BCUT2D eigenvalue weighted by atomic mass is 10.3. The molecule has 2 N–H and O–H groups in total. The molecule has 0 fully saturated rings. The molecule has 0 saturated carbocycles. The highest BCUT2D eigenvalue weighted by Crippen LogP contribution is 2.16. The first-order valence-corrected chi connectivity index (χ1v) is 6.67. The molecule has 17 heavy (non-hydrogen) atoms. The van der Waals surface area contributed by atoms with Gasteiger partial charge >= 0.3 is 6.09 Å². The van der Waals surface area contributed by atoms with Gasteiger partial charge in [-0.1, -0.05) is 6.07 Å². The van der Waals surface area contributed by atoms with E-state index in [1.165, 1.54) is 19.2 Å². The van der Waals surface area contributed by atoms with Crippen molar-refractivity contribution in [2.75, 3.05) is 22.4 Å². The summed E-state index contributed by atoms with van der Waals surface area (Å²) in [6.45, 7) is 0. The molecule has 0 aliphatic rings. The van der Waals surface area contributed by atoms with Crippen molar-refractivity contribution in [3.63, 3.8) is 0 Å². The number of sulfonamides is 1. The lowest BCUT2D eigenvalue weighted by Gasteiger charge is -2.08. The molecule has 0 bridgehead atoms. The van der Waals surface area contributed by atoms with Gasteiger partial charge in [0.1, 0.15) is 5.21 Å². The Hall–Kier alpha value is -1.47. The number of hydrogen-bond donors (Lipinski definition) is 2. The van der Waals surface area contributed by atoms with Crippen LogP contribution in [0.3, 0.4) is 0 Å². The summed E-state index contributed by atoms with van der Waals surface area (Å²) in [4.78, 5) is 10.9. The van der Waals surface area contributed by atoms with Crippen LogP contribution in [0.5, 0.6) is 0 Å². The number of halogens is 1. The maximum atomic E-state index is 11.2. The van der Waals surface area contributed by atoms with E-state index in [0.717, 1.165) is 0 Å². The van der Waals surface area contributed by atoms with Crippen LogP contribution in [0.15, 0.2) is 24.3 Å². The first kappa shape index (κ1) is 13.6. The molecule has 1 rings (SSSR count). The Morgan fingerprint density at radius 3 is 2.65 bits per heavy atom. The second-order valence-corrected chi connectivity index (χ2v) is 5.33. The lowest BCUT2D eigenvalue weighted by Crippen LogP contribution is -2.14. The Bertz CT molecular complexity index is 503. The summed E-state index contributed by atoms with van der Waals surface area (Å²) in [6, 6.07) is 6.15. The summed E-state index contributed by atoms with van der Waals surface area (Å²) in [7, 11) is -2.32. The molecule has 0 saturated heterocycles. The first-order valence-electron chi connectivity index (χ1n) is 4.48. The van der Waals surface area contributed by atoms with Gasteiger partial charge in [0.05, 0.1) is 12.8 Å². The Kier molecular flexibility index (Phi) is 4.59. The van der Waals surface area contributed by atoms with Crippen molar-refractivity contribution in [3.05, 3.63) is 24.3 Å². The van der Waals surface area contributed by atoms with Crippen LogP contribution in [0.25, 0.3) is 0 Å². The molecule has 0 unspecified atom stereocenters. The maximum Gasteiger partial charge on any atom is 0.411 e. The fourth-order valence-electron chi connectivity index (χ4n) is 1.04. The van der Waals surface area contributed by atoms with Crippen LogP contribution >= 0.6 is 11.6 Å². The van der Waals surface area contributed by atoms with E-state index in [1.807, 2.05) is 0 Å². The first-order chi connectivity index (χ1) is 7.96. The summed E-state index contributed by atoms with van der Waals surface area (Å²) in [5.74, 6) is 0. The average molecular weight is 279 g/mol. The highest BCUT2D eigenvalue weighted by molar-refractivity contribution is 7.93. The van der Waals surface area contributed by atoms with E-state index in [1.54, 1.807) is 12.1 Å². The molecule has 94 valence electrons. The van der Waals surface area contributed by atoms with Crippen LogP contribution in [0.4, 0.5) is 16.2 Å². The Labute approximate surface area is 104 Å². The molecular formula is C9H11ClN2O4S. The number of benzene rings is 1. The zero-order valence-electron chi connectivity index (χ0n) is 8.94. The second kappa shape index (κ2) is 5.74. The van der Waals surface area contributed by atoms with E-state index in [2.05, 4.69) is 14.8 Å². The van der Waals surface area contributed by atoms with E-state index in [9.17, 15) is 13.2 Å². The Morgan fingerprint density at radius 1 is 1.41 bits per heavy atom. The molecule has 8 heteroatoms. The molecule has 0 radical (unpaired) electrons. The normalized spacial score (nSPS) is 10.7. The molecular weight excluding hydrogens is 268 g/mol. The minimum Gasteiger partial charge on any atom is -0.453 e. The monoisotopic (exact) mass is 278 g/mol. The number of methoxy groups -OCH3 is 1. The second-order valence-electron chi connectivity index (χ2n) is 3.02. The molecule has 6 nitrogen and oxygen atoms in total. The van der Waals surface area contributed by atoms with Gasteiger partial charge in [-0.05, 0) is 18.2 Å². The van der Waals surface area contributed by atoms with Gasteiger partial charge in [0.25, 0.3) is 0 Å². The topological polar surface area (TPSA) is 84.5 Å². The van der Waals surface area contributed by atoms with Crippen LogP contribution in [0.2, 0.25) is 0 Å². The van der Waals surface area contributed by atoms with Gasteiger partial charge < -0.3 is 4.74 Å². The van der Waals surface area contributed by atoms with Crippen molar-refractivity contribution in [1.82, 2.24) is 0 Å². The summed E-state index contributed by atoms with van der Waals surface area (Å²) in [5.41, 5.74) is 0.714. The van der Waals surface area contributed by atoms with Gasteiger partial charge in [0.2, 0.25) is 10.0 Å². The summed E-state index contributed by atoms with van der Waals surface area (Å²) in [5, 5.41) is 1.87. The van der Waals surface area contributed by atoms with Crippen molar-refractivity contribution in [3.8, 4) is 0 Å². The smallest absolute Gasteiger partial charge is 0.411 e. The number of alkyl halides is 1. The third-order valence-corrected chi connectivity index (χ3v) is 3.41. The van der Waals surface area contributed by atoms with Crippen LogP contribution in [-0.4, -0.2) is 26.8 Å². The number of carbonyl (C=O) groups excluding carboxylic acids is 1. The van der Waals surface area contributed by atoms with Crippen LogP contribution in [-0.2, 0) is 14.8 Å². The number of amides is 1. The third kappa shape index (κ3) is 4.49. The van der Waals surface area contributed by atoms with Crippen LogP contribution in [0, 0.1) is 0 Å². The van der Waals surface area contributed by atoms with Crippen molar-refractivity contribution in [1.29, 1.82) is 0 Å². The van der Waals surface area contributed by atoms with Crippen LogP contribution < -0.4 is 10.0 Å². The minimum atomic E-state index is -3.55. The van der Waals surface area contributed by atoms with E-state index in [0.29, 0.717) is 11.4 Å². The zero-order chi connectivity index (χ0) is 12.9. The SMILES string of the molecule is COC(=O)Nc1cccc(NS(=O)(=O)CCl)c1. The predicted molar refractivity (Wildman–Crippen MR) is 65.7 cm³/mol. The number of rotatable bonds is 4. The largest absolute Gasteiger partial charge is 0.453 e. The number of nitrogens with one attached hydrogen (secondary N) is 2. The Balaban J connectivity index is 2.83. The number of hydrogen-bond acceptors (Lipinski definition) is 4. The zero-order valence-corrected chi connectivity index (χ0v) is 10.5. The van der Waals surface area contributed by atoms with Gasteiger partial charge in [-0.3, -0.25) is 10.0 Å². The summed E-state index contributed by atoms with van der Waals surface area (Å²) >= 11 is 5.25. The lowest BCUT2D eigenvalue weighted by molar-refractivity contribution is 0.187. The molecule has 1 amide bonds. The van der Waals surface area contributed by atoms with E-state index in [-0.39, 0.29) is 0 Å². The molecule has 1 aromatic carbocycles. The van der Waals surface area contributed by atoms with Crippen molar-refractivity contribution < 1.29 is 17.9 Å². The van der Waals surface area contributed by atoms with E-state index < -0.39 is 21.3 Å². The van der Waals surface area contributed by atoms with Crippen molar-refractivity contribution >= 4 is 39.1 Å². The van der Waals surface area contributed by atoms with Crippen molar-refractivity contribution in [2.45, 2.75) is 0 Å². The highest BCUT2D eigenvalue weighted by Gasteiger charge is 2.08. The maximum absolute atomic E-state index is 11.2. The van der Waals surface area contributed by atoms with Crippen LogP contribution in [0.1, 0.15) is 0 Å². The summed E-state index contributed by atoms with van der Waals surface area (Å²) in [6.07, 6.45) is -0.637. The van der Waals surface area contributed by atoms with Gasteiger partial charge in [0, 0.05) is 5.69 Å². The molecule has 0 spiro atoms. The Morgan fingerprint density at radius 2 is 2.06 bits per heavy atom. The van der Waals surface area contributed by atoms with E-state index in [4.69, 9.17) is 11.6 Å². The van der Waals surface area contributed by atoms with E-state index >= 15 is 0 Å². The third-order valence-electron chi connectivity index (χ3n) is 1.71. The standard InChI is InChI=1S/C9H11ClN2O4S/c1-16-9(13)11-7-3-2-4-8(5-7)12-17(14,15)6-10/h2-5,12H,6H2,1H3,(H,11,13). The molecule has 0 aromatic heterocycles. The highest BCUT2D eigenvalue weighted by atomic mass is 35.5. The van der Waals surface area contributed by atoms with Gasteiger partial charge in [-0.25, -0.2) is 13.2 Å². The fraction of sp³-hybridized carbons (Fsp3) is 0.222. The molecule has 1 aromatic rings. The van der Waals surface area contributed by atoms with Gasteiger partial charge in [-0.15, -0.1) is 11.6 Å². The summed E-state index contributed by atoms with van der Waals surface area (Å²) < 4.78 is 29.1. The number of carbonyl (C=O) groups is 1. The number of ether oxygens (including phenoxy) is 1. The predicted octanol–water partition coefficient (Wildman–Crippen LogP) is 1.80. The average Bonchev–Trinajstić information content (AvgIpc) is 2.29. The van der Waals surface area contributed by atoms with Gasteiger partial charge in [-0.2, -0.15) is 0 Å².